The maximum absolute atomic E-state index is 12.4. The first-order valence-electron chi connectivity index (χ1n) is 8.45. The molecule has 132 valence electrons. The van der Waals surface area contributed by atoms with Crippen LogP contribution in [0.1, 0.15) is 42.5 Å². The van der Waals surface area contributed by atoms with Gasteiger partial charge in [0.1, 0.15) is 0 Å². The second-order valence-corrected chi connectivity index (χ2v) is 7.63. The van der Waals surface area contributed by atoms with Crippen molar-refractivity contribution in [2.45, 2.75) is 38.1 Å². The van der Waals surface area contributed by atoms with E-state index in [0.29, 0.717) is 21.7 Å². The van der Waals surface area contributed by atoms with E-state index in [2.05, 4.69) is 16.2 Å². The molecule has 1 aromatic heterocycles. The molecule has 0 unspecified atom stereocenters. The summed E-state index contributed by atoms with van der Waals surface area (Å²) >= 11 is 6.65. The molecule has 0 saturated heterocycles. The molecule has 7 heteroatoms. The summed E-state index contributed by atoms with van der Waals surface area (Å²) in [6.45, 7) is 0. The Labute approximate surface area is 157 Å². The number of hydrogen-bond acceptors (Lipinski definition) is 4. The van der Waals surface area contributed by atoms with Crippen molar-refractivity contribution in [1.29, 1.82) is 0 Å². The van der Waals surface area contributed by atoms with Gasteiger partial charge in [0.25, 0.3) is 5.91 Å². The van der Waals surface area contributed by atoms with Gasteiger partial charge in [-0.05, 0) is 36.7 Å². The first-order chi connectivity index (χ1) is 12.1. The van der Waals surface area contributed by atoms with Crippen LogP contribution in [0.4, 0.5) is 5.00 Å². The van der Waals surface area contributed by atoms with E-state index in [9.17, 15) is 4.79 Å². The molecule has 3 rings (SSSR count). The standard InChI is InChI=1S/C18H22N4OS2/c19-16-14(11-15(25-16)12-7-3-1-4-8-12)17(23)21-22-18(24)20-13-9-5-2-6-10-13/h1,3-4,7-8,11,13H,2,5-6,9-10,19H2,(H,21,23)(H2,20,22,24). The van der Waals surface area contributed by atoms with Gasteiger partial charge in [-0.3, -0.25) is 15.6 Å². The Morgan fingerprint density at radius 1 is 1.12 bits per heavy atom. The van der Waals surface area contributed by atoms with E-state index >= 15 is 0 Å². The Balaban J connectivity index is 1.56. The van der Waals surface area contributed by atoms with Crippen LogP contribution in [0.25, 0.3) is 10.4 Å². The zero-order valence-corrected chi connectivity index (χ0v) is 15.5. The number of anilines is 1. The molecule has 0 atom stereocenters. The molecule has 0 bridgehead atoms. The number of rotatable bonds is 3. The van der Waals surface area contributed by atoms with Crippen molar-refractivity contribution in [2.24, 2.45) is 0 Å². The van der Waals surface area contributed by atoms with E-state index < -0.39 is 0 Å². The third-order valence-electron chi connectivity index (χ3n) is 4.29. The molecule has 2 aromatic rings. The summed E-state index contributed by atoms with van der Waals surface area (Å²) in [5.74, 6) is -0.288. The molecule has 5 N–H and O–H groups in total. The van der Waals surface area contributed by atoms with E-state index in [-0.39, 0.29) is 5.91 Å². The van der Waals surface area contributed by atoms with Crippen molar-refractivity contribution in [3.05, 3.63) is 42.0 Å². The molecule has 0 radical (unpaired) electrons. The molecular weight excluding hydrogens is 352 g/mol. The van der Waals surface area contributed by atoms with Gasteiger partial charge in [0.2, 0.25) is 0 Å². The van der Waals surface area contributed by atoms with Gasteiger partial charge in [-0.25, -0.2) is 0 Å². The number of amides is 1. The Hall–Kier alpha value is -2.12. The highest BCUT2D eigenvalue weighted by Gasteiger charge is 2.17. The van der Waals surface area contributed by atoms with Crippen molar-refractivity contribution in [3.63, 3.8) is 0 Å². The van der Waals surface area contributed by atoms with Crippen molar-refractivity contribution in [3.8, 4) is 10.4 Å². The second-order valence-electron chi connectivity index (χ2n) is 6.14. The Kier molecular flexibility index (Phi) is 5.88. The van der Waals surface area contributed by atoms with Crippen LogP contribution in [0.2, 0.25) is 0 Å². The lowest BCUT2D eigenvalue weighted by Crippen LogP contribution is -2.50. The number of hydrogen-bond donors (Lipinski definition) is 4. The fourth-order valence-electron chi connectivity index (χ4n) is 2.98. The zero-order chi connectivity index (χ0) is 17.6. The third-order valence-corrected chi connectivity index (χ3v) is 5.53. The van der Waals surface area contributed by atoms with Gasteiger partial charge >= 0.3 is 0 Å². The number of thiophene rings is 1. The molecule has 1 aromatic carbocycles. The third kappa shape index (κ3) is 4.70. The van der Waals surface area contributed by atoms with Crippen LogP contribution < -0.4 is 21.9 Å². The highest BCUT2D eigenvalue weighted by Crippen LogP contribution is 2.33. The van der Waals surface area contributed by atoms with Gasteiger partial charge in [0.15, 0.2) is 5.11 Å². The average molecular weight is 375 g/mol. The monoisotopic (exact) mass is 374 g/mol. The fourth-order valence-corrected chi connectivity index (χ4v) is 4.12. The molecule has 0 aliphatic heterocycles. The van der Waals surface area contributed by atoms with Crippen molar-refractivity contribution < 1.29 is 4.79 Å². The lowest BCUT2D eigenvalue weighted by Gasteiger charge is -2.24. The van der Waals surface area contributed by atoms with Crippen molar-refractivity contribution in [1.82, 2.24) is 16.2 Å². The molecule has 1 amide bonds. The quantitative estimate of drug-likeness (QED) is 0.489. The summed E-state index contributed by atoms with van der Waals surface area (Å²) in [7, 11) is 0. The number of nitrogens with one attached hydrogen (secondary N) is 3. The van der Waals surface area contributed by atoms with Gasteiger partial charge in [-0.2, -0.15) is 0 Å². The van der Waals surface area contributed by atoms with Gasteiger partial charge in [-0.1, -0.05) is 49.6 Å². The van der Waals surface area contributed by atoms with Crippen LogP contribution in [-0.2, 0) is 0 Å². The first kappa shape index (κ1) is 17.7. The minimum Gasteiger partial charge on any atom is -0.390 e. The number of benzene rings is 1. The molecule has 1 aliphatic carbocycles. The summed E-state index contributed by atoms with van der Waals surface area (Å²) in [5.41, 5.74) is 12.9. The predicted molar refractivity (Wildman–Crippen MR) is 107 cm³/mol. The number of carbonyl (C=O) groups excluding carboxylic acids is 1. The lowest BCUT2D eigenvalue weighted by molar-refractivity contribution is 0.0945. The lowest BCUT2D eigenvalue weighted by atomic mass is 9.96. The van der Waals surface area contributed by atoms with Crippen molar-refractivity contribution >= 4 is 39.6 Å². The van der Waals surface area contributed by atoms with Crippen molar-refractivity contribution in [2.75, 3.05) is 5.73 Å². The van der Waals surface area contributed by atoms with Gasteiger partial charge in [0.05, 0.1) is 10.6 Å². The van der Waals surface area contributed by atoms with Gasteiger partial charge in [0, 0.05) is 10.9 Å². The SMILES string of the molecule is Nc1sc(-c2ccccc2)cc1C(=O)NNC(=S)NC1CCCCC1. The zero-order valence-electron chi connectivity index (χ0n) is 13.9. The molecule has 5 nitrogen and oxygen atoms in total. The summed E-state index contributed by atoms with van der Waals surface area (Å²) < 4.78 is 0. The van der Waals surface area contributed by atoms with Crippen LogP contribution >= 0.6 is 23.6 Å². The fraction of sp³-hybridized carbons (Fsp3) is 0.333. The molecule has 1 heterocycles. The summed E-state index contributed by atoms with van der Waals surface area (Å²) in [5, 5.41) is 4.18. The molecule has 1 fully saturated rings. The smallest absolute Gasteiger partial charge is 0.272 e. The summed E-state index contributed by atoms with van der Waals surface area (Å²) in [6, 6.07) is 12.1. The van der Waals surface area contributed by atoms with E-state index in [1.165, 1.54) is 30.6 Å². The molecule has 25 heavy (non-hydrogen) atoms. The Morgan fingerprint density at radius 2 is 1.84 bits per heavy atom. The van der Waals surface area contributed by atoms with Crippen LogP contribution in [0.3, 0.4) is 0 Å². The van der Waals surface area contributed by atoms with Crippen LogP contribution in [-0.4, -0.2) is 17.1 Å². The highest BCUT2D eigenvalue weighted by atomic mass is 32.1. The van der Waals surface area contributed by atoms with E-state index in [0.717, 1.165) is 23.3 Å². The van der Waals surface area contributed by atoms with E-state index in [4.69, 9.17) is 18.0 Å². The number of nitrogen functional groups attached to an aromatic ring is 1. The predicted octanol–water partition coefficient (Wildman–Crippen LogP) is 3.44. The maximum Gasteiger partial charge on any atom is 0.272 e. The first-order valence-corrected chi connectivity index (χ1v) is 9.67. The second kappa shape index (κ2) is 8.31. The number of nitrogens with two attached hydrogens (primary N) is 1. The topological polar surface area (TPSA) is 79.2 Å². The number of carbonyl (C=O) groups is 1. The number of hydrazine groups is 1. The highest BCUT2D eigenvalue weighted by molar-refractivity contribution is 7.80. The Bertz CT molecular complexity index is 739. The Morgan fingerprint density at radius 3 is 2.56 bits per heavy atom. The molecule has 0 spiro atoms. The minimum absolute atomic E-state index is 0.288. The summed E-state index contributed by atoms with van der Waals surface area (Å²) in [4.78, 5) is 13.3. The molecule has 1 aliphatic rings. The van der Waals surface area contributed by atoms with Crippen LogP contribution in [0, 0.1) is 0 Å². The largest absolute Gasteiger partial charge is 0.390 e. The van der Waals surface area contributed by atoms with Crippen LogP contribution in [0.5, 0.6) is 0 Å². The summed E-state index contributed by atoms with van der Waals surface area (Å²) in [6.07, 6.45) is 5.97. The minimum atomic E-state index is -0.288. The van der Waals surface area contributed by atoms with Gasteiger partial charge < -0.3 is 11.1 Å². The molecular formula is C18H22N4OS2. The van der Waals surface area contributed by atoms with Crippen LogP contribution in [0.15, 0.2) is 36.4 Å². The normalized spacial score (nSPS) is 14.7. The van der Waals surface area contributed by atoms with E-state index in [1.54, 1.807) is 0 Å². The average Bonchev–Trinajstić information content (AvgIpc) is 3.03. The van der Waals surface area contributed by atoms with E-state index in [1.807, 2.05) is 36.4 Å². The van der Waals surface area contributed by atoms with Gasteiger partial charge in [-0.15, -0.1) is 11.3 Å². The molecule has 1 saturated carbocycles. The number of thiocarbonyl (C=S) groups is 1. The maximum atomic E-state index is 12.4.